The number of urea groups is 1. The lowest BCUT2D eigenvalue weighted by atomic mass is 10.3. The Kier molecular flexibility index (Phi) is 4.78. The van der Waals surface area contributed by atoms with Gasteiger partial charge in [-0.3, -0.25) is 4.79 Å². The van der Waals surface area contributed by atoms with Crippen LogP contribution in [0.1, 0.15) is 26.7 Å². The molecule has 2 atom stereocenters. The van der Waals surface area contributed by atoms with Crippen molar-refractivity contribution in [1.29, 1.82) is 0 Å². The highest BCUT2D eigenvalue weighted by Gasteiger charge is 2.35. The fourth-order valence-corrected chi connectivity index (χ4v) is 2.00. The van der Waals surface area contributed by atoms with Gasteiger partial charge >= 0.3 is 12.0 Å². The average molecular weight is 242 g/mol. The van der Waals surface area contributed by atoms with Gasteiger partial charge in [-0.2, -0.15) is 0 Å². The maximum absolute atomic E-state index is 12.0. The second-order valence-corrected chi connectivity index (χ2v) is 4.95. The van der Waals surface area contributed by atoms with Gasteiger partial charge in [-0.05, 0) is 24.7 Å². The molecule has 1 rings (SSSR count). The Bertz CT molecular complexity index is 293. The average Bonchev–Trinajstić information content (AvgIpc) is 2.91. The zero-order valence-corrected chi connectivity index (χ0v) is 10.8. The summed E-state index contributed by atoms with van der Waals surface area (Å²) in [7, 11) is 1.75. The SMILES string of the molecule is CCCN(CC(=O)O)C(=O)N(C)CC1CC1C. The van der Waals surface area contributed by atoms with E-state index in [0.717, 1.165) is 13.0 Å². The lowest BCUT2D eigenvalue weighted by Crippen LogP contribution is -2.44. The normalized spacial score (nSPS) is 22.1. The van der Waals surface area contributed by atoms with Gasteiger partial charge in [0.2, 0.25) is 0 Å². The molecule has 5 heteroatoms. The number of hydrogen-bond acceptors (Lipinski definition) is 2. The first-order valence-electron chi connectivity index (χ1n) is 6.17. The molecule has 0 aromatic heterocycles. The zero-order valence-electron chi connectivity index (χ0n) is 10.8. The summed E-state index contributed by atoms with van der Waals surface area (Å²) in [5.41, 5.74) is 0. The van der Waals surface area contributed by atoms with Crippen LogP contribution in [-0.4, -0.2) is 53.6 Å². The largest absolute Gasteiger partial charge is 0.480 e. The molecule has 98 valence electrons. The van der Waals surface area contributed by atoms with Gasteiger partial charge in [-0.1, -0.05) is 13.8 Å². The number of amides is 2. The summed E-state index contributed by atoms with van der Waals surface area (Å²) in [6.07, 6.45) is 1.94. The molecular weight excluding hydrogens is 220 g/mol. The molecular formula is C12H22N2O3. The van der Waals surface area contributed by atoms with Crippen LogP contribution in [0.15, 0.2) is 0 Å². The van der Waals surface area contributed by atoms with Crippen molar-refractivity contribution in [2.75, 3.05) is 26.7 Å². The van der Waals surface area contributed by atoms with E-state index in [4.69, 9.17) is 5.11 Å². The predicted molar refractivity (Wildman–Crippen MR) is 64.8 cm³/mol. The van der Waals surface area contributed by atoms with E-state index < -0.39 is 5.97 Å². The topological polar surface area (TPSA) is 60.9 Å². The molecule has 0 aliphatic heterocycles. The van der Waals surface area contributed by atoms with E-state index >= 15 is 0 Å². The molecule has 0 radical (unpaired) electrons. The Labute approximate surface area is 102 Å². The summed E-state index contributed by atoms with van der Waals surface area (Å²) < 4.78 is 0. The number of aliphatic carboxylic acids is 1. The molecule has 0 aromatic rings. The van der Waals surface area contributed by atoms with E-state index in [1.54, 1.807) is 11.9 Å². The zero-order chi connectivity index (χ0) is 13.0. The fourth-order valence-electron chi connectivity index (χ4n) is 2.00. The molecule has 1 aliphatic rings. The molecule has 0 saturated heterocycles. The molecule has 0 bridgehead atoms. The molecule has 1 aliphatic carbocycles. The summed E-state index contributed by atoms with van der Waals surface area (Å²) in [6.45, 7) is 5.13. The van der Waals surface area contributed by atoms with Gasteiger partial charge in [0.05, 0.1) is 0 Å². The summed E-state index contributed by atoms with van der Waals surface area (Å²) in [4.78, 5) is 25.8. The lowest BCUT2D eigenvalue weighted by molar-refractivity contribution is -0.137. The number of carbonyl (C=O) groups excluding carboxylic acids is 1. The fraction of sp³-hybridized carbons (Fsp3) is 0.833. The van der Waals surface area contributed by atoms with Gasteiger partial charge in [0.1, 0.15) is 6.54 Å². The van der Waals surface area contributed by atoms with Crippen LogP contribution in [0.3, 0.4) is 0 Å². The highest BCUT2D eigenvalue weighted by atomic mass is 16.4. The molecule has 17 heavy (non-hydrogen) atoms. The minimum atomic E-state index is -0.958. The Morgan fingerprint density at radius 1 is 1.41 bits per heavy atom. The molecule has 1 fully saturated rings. The van der Waals surface area contributed by atoms with Crippen molar-refractivity contribution in [2.45, 2.75) is 26.7 Å². The van der Waals surface area contributed by atoms with Gasteiger partial charge in [0.25, 0.3) is 0 Å². The van der Waals surface area contributed by atoms with Crippen LogP contribution in [0.5, 0.6) is 0 Å². The third-order valence-corrected chi connectivity index (χ3v) is 3.20. The number of carbonyl (C=O) groups is 2. The summed E-state index contributed by atoms with van der Waals surface area (Å²) in [5, 5.41) is 8.77. The van der Waals surface area contributed by atoms with Crippen molar-refractivity contribution in [2.24, 2.45) is 11.8 Å². The lowest BCUT2D eigenvalue weighted by Gasteiger charge is -2.26. The summed E-state index contributed by atoms with van der Waals surface area (Å²) in [6, 6.07) is -0.173. The smallest absolute Gasteiger partial charge is 0.323 e. The number of hydrogen-bond donors (Lipinski definition) is 1. The van der Waals surface area contributed by atoms with Crippen molar-refractivity contribution in [3.8, 4) is 0 Å². The van der Waals surface area contributed by atoms with Crippen molar-refractivity contribution >= 4 is 12.0 Å². The van der Waals surface area contributed by atoms with Gasteiger partial charge in [0, 0.05) is 20.1 Å². The Morgan fingerprint density at radius 2 is 2.00 bits per heavy atom. The van der Waals surface area contributed by atoms with E-state index in [-0.39, 0.29) is 12.6 Å². The van der Waals surface area contributed by atoms with Gasteiger partial charge in [-0.15, -0.1) is 0 Å². The second-order valence-electron chi connectivity index (χ2n) is 4.95. The molecule has 0 heterocycles. The van der Waals surface area contributed by atoms with Gasteiger partial charge in [0.15, 0.2) is 0 Å². The first kappa shape index (κ1) is 13.8. The molecule has 5 nitrogen and oxygen atoms in total. The van der Waals surface area contributed by atoms with Crippen molar-refractivity contribution in [3.63, 3.8) is 0 Å². The maximum atomic E-state index is 12.0. The molecule has 0 aromatic carbocycles. The van der Waals surface area contributed by atoms with Crippen LogP contribution in [0.4, 0.5) is 4.79 Å². The minimum absolute atomic E-state index is 0.173. The van der Waals surface area contributed by atoms with E-state index in [1.165, 1.54) is 11.3 Å². The Balaban J connectivity index is 2.47. The number of carboxylic acids is 1. The standard InChI is InChI=1S/C12H22N2O3/c1-4-5-14(8-11(15)16)12(17)13(3)7-10-6-9(10)2/h9-10H,4-8H2,1-3H3,(H,15,16). The maximum Gasteiger partial charge on any atom is 0.323 e. The summed E-state index contributed by atoms with van der Waals surface area (Å²) in [5.74, 6) is 0.335. The molecule has 0 spiro atoms. The van der Waals surface area contributed by atoms with E-state index in [9.17, 15) is 9.59 Å². The van der Waals surface area contributed by atoms with E-state index in [2.05, 4.69) is 6.92 Å². The third-order valence-electron chi connectivity index (χ3n) is 3.20. The number of rotatable bonds is 6. The van der Waals surface area contributed by atoms with Crippen LogP contribution < -0.4 is 0 Å². The molecule has 2 unspecified atom stereocenters. The van der Waals surface area contributed by atoms with Crippen LogP contribution in [-0.2, 0) is 4.79 Å². The van der Waals surface area contributed by atoms with Crippen LogP contribution >= 0.6 is 0 Å². The number of carboxylic acid groups (broad SMARTS) is 1. The van der Waals surface area contributed by atoms with Crippen LogP contribution in [0, 0.1) is 11.8 Å². The Morgan fingerprint density at radius 3 is 2.41 bits per heavy atom. The highest BCUT2D eigenvalue weighted by molar-refractivity contribution is 5.80. The first-order chi connectivity index (χ1) is 7.95. The summed E-state index contributed by atoms with van der Waals surface area (Å²) >= 11 is 0. The van der Waals surface area contributed by atoms with E-state index in [0.29, 0.717) is 18.4 Å². The van der Waals surface area contributed by atoms with Crippen LogP contribution in [0.25, 0.3) is 0 Å². The second kappa shape index (κ2) is 5.89. The number of nitrogens with zero attached hydrogens (tertiary/aromatic N) is 2. The monoisotopic (exact) mass is 242 g/mol. The first-order valence-corrected chi connectivity index (χ1v) is 6.17. The molecule has 2 amide bonds. The third kappa shape index (κ3) is 4.24. The quantitative estimate of drug-likeness (QED) is 0.767. The van der Waals surface area contributed by atoms with E-state index in [1.807, 2.05) is 6.92 Å². The molecule has 1 saturated carbocycles. The van der Waals surface area contributed by atoms with Gasteiger partial charge < -0.3 is 14.9 Å². The van der Waals surface area contributed by atoms with Gasteiger partial charge in [-0.25, -0.2) is 4.79 Å². The van der Waals surface area contributed by atoms with Crippen molar-refractivity contribution in [3.05, 3.63) is 0 Å². The minimum Gasteiger partial charge on any atom is -0.480 e. The molecule has 1 N–H and O–H groups in total. The highest BCUT2D eigenvalue weighted by Crippen LogP contribution is 2.38. The van der Waals surface area contributed by atoms with Crippen LogP contribution in [0.2, 0.25) is 0 Å². The van der Waals surface area contributed by atoms with Crippen molar-refractivity contribution in [1.82, 2.24) is 9.80 Å². The predicted octanol–water partition coefficient (Wildman–Crippen LogP) is 1.49. The Hall–Kier alpha value is -1.26. The van der Waals surface area contributed by atoms with Crippen molar-refractivity contribution < 1.29 is 14.7 Å².